The predicted octanol–water partition coefficient (Wildman–Crippen LogP) is 2.00. The van der Waals surface area contributed by atoms with Crippen molar-refractivity contribution in [1.82, 2.24) is 5.32 Å². The number of aliphatic hydroxyl groups is 1. The van der Waals surface area contributed by atoms with Crippen LogP contribution in [-0.2, 0) is 4.79 Å². The maximum absolute atomic E-state index is 11.9. The molecule has 0 aliphatic heterocycles. The van der Waals surface area contributed by atoms with Gasteiger partial charge in [0.1, 0.15) is 5.75 Å². The number of nitrogens with two attached hydrogens (primary N) is 1. The Balaban J connectivity index is 2.54. The fraction of sp³-hybridized carbons (Fsp3) is 0.588. The van der Waals surface area contributed by atoms with Crippen molar-refractivity contribution in [3.63, 3.8) is 0 Å². The monoisotopic (exact) mass is 308 g/mol. The lowest BCUT2D eigenvalue weighted by Crippen LogP contribution is -2.42. The van der Waals surface area contributed by atoms with E-state index in [-0.39, 0.29) is 18.6 Å². The van der Waals surface area contributed by atoms with E-state index in [4.69, 9.17) is 10.5 Å². The van der Waals surface area contributed by atoms with E-state index >= 15 is 0 Å². The van der Waals surface area contributed by atoms with Gasteiger partial charge >= 0.3 is 0 Å². The number of hydrogen-bond donors (Lipinski definition) is 3. The third-order valence-corrected chi connectivity index (χ3v) is 3.15. The van der Waals surface area contributed by atoms with Crippen molar-refractivity contribution in [2.75, 3.05) is 6.54 Å². The van der Waals surface area contributed by atoms with E-state index in [2.05, 4.69) is 5.32 Å². The second-order valence-electron chi connectivity index (χ2n) is 6.24. The zero-order valence-corrected chi connectivity index (χ0v) is 13.9. The molecule has 1 aromatic rings. The Bertz CT molecular complexity index is 475. The van der Waals surface area contributed by atoms with Gasteiger partial charge in [-0.25, -0.2) is 0 Å². The van der Waals surface area contributed by atoms with E-state index in [1.807, 2.05) is 39.8 Å². The highest BCUT2D eigenvalue weighted by Crippen LogP contribution is 2.20. The Morgan fingerprint density at radius 3 is 2.59 bits per heavy atom. The van der Waals surface area contributed by atoms with Gasteiger partial charge in [-0.05, 0) is 43.9 Å². The minimum absolute atomic E-state index is 0.0705. The van der Waals surface area contributed by atoms with E-state index in [0.29, 0.717) is 23.7 Å². The first-order chi connectivity index (χ1) is 10.3. The van der Waals surface area contributed by atoms with Crippen molar-refractivity contribution in [2.45, 2.75) is 52.4 Å². The van der Waals surface area contributed by atoms with Gasteiger partial charge in [0.05, 0.1) is 18.2 Å². The molecule has 124 valence electrons. The van der Waals surface area contributed by atoms with Crippen molar-refractivity contribution in [3.8, 4) is 5.75 Å². The van der Waals surface area contributed by atoms with Gasteiger partial charge in [0.25, 0.3) is 0 Å². The molecule has 0 radical (unpaired) electrons. The van der Waals surface area contributed by atoms with Gasteiger partial charge in [-0.1, -0.05) is 26.0 Å². The highest BCUT2D eigenvalue weighted by molar-refractivity contribution is 5.81. The predicted molar refractivity (Wildman–Crippen MR) is 87.6 cm³/mol. The van der Waals surface area contributed by atoms with E-state index in [0.717, 1.165) is 0 Å². The zero-order chi connectivity index (χ0) is 16.7. The molecule has 0 aliphatic rings. The first kappa shape index (κ1) is 18.5. The normalized spacial score (nSPS) is 14.0. The first-order valence-corrected chi connectivity index (χ1v) is 7.77. The fourth-order valence-corrected chi connectivity index (χ4v) is 2.13. The number of carbonyl (C=O) groups excluding carboxylic acids is 1. The van der Waals surface area contributed by atoms with E-state index in [9.17, 15) is 9.90 Å². The van der Waals surface area contributed by atoms with Gasteiger partial charge in [-0.2, -0.15) is 0 Å². The van der Waals surface area contributed by atoms with Gasteiger partial charge in [-0.3, -0.25) is 4.79 Å². The van der Waals surface area contributed by atoms with Crippen molar-refractivity contribution >= 4 is 5.91 Å². The molecule has 1 rings (SSSR count). The van der Waals surface area contributed by atoms with Crippen molar-refractivity contribution in [3.05, 3.63) is 29.8 Å². The minimum atomic E-state index is -0.786. The van der Waals surface area contributed by atoms with Gasteiger partial charge in [0, 0.05) is 6.54 Å². The van der Waals surface area contributed by atoms with Crippen molar-refractivity contribution < 1.29 is 14.6 Å². The Labute approximate surface area is 132 Å². The number of carbonyl (C=O) groups is 1. The standard InChI is InChI=1S/C17H28N2O3/c1-11(2)8-15(18)17(21)19-10-16(20)13-6-5-7-14(9-13)22-12(3)4/h5-7,9,11-12,15-16,20H,8,10,18H2,1-4H3,(H,19,21)/t15-,16?/m0/s1. The number of benzene rings is 1. The molecule has 0 spiro atoms. The summed E-state index contributed by atoms with van der Waals surface area (Å²) in [4.78, 5) is 11.9. The smallest absolute Gasteiger partial charge is 0.237 e. The van der Waals surface area contributed by atoms with Crippen LogP contribution in [0, 0.1) is 5.92 Å². The number of ether oxygens (including phenoxy) is 1. The van der Waals surface area contributed by atoms with Gasteiger partial charge < -0.3 is 20.9 Å². The lowest BCUT2D eigenvalue weighted by molar-refractivity contribution is -0.123. The summed E-state index contributed by atoms with van der Waals surface area (Å²) in [6.45, 7) is 8.05. The summed E-state index contributed by atoms with van der Waals surface area (Å²) in [6, 6.07) is 6.71. The molecule has 5 heteroatoms. The highest BCUT2D eigenvalue weighted by atomic mass is 16.5. The van der Waals surface area contributed by atoms with Crippen LogP contribution in [0.1, 0.15) is 45.8 Å². The van der Waals surface area contributed by atoms with E-state index in [1.54, 1.807) is 12.1 Å². The number of aliphatic hydroxyl groups excluding tert-OH is 1. The van der Waals surface area contributed by atoms with Crippen LogP contribution in [0.5, 0.6) is 5.75 Å². The largest absolute Gasteiger partial charge is 0.491 e. The SMILES string of the molecule is CC(C)C[C@H](N)C(=O)NCC(O)c1cccc(OC(C)C)c1. The summed E-state index contributed by atoms with van der Waals surface area (Å²) in [6.07, 6.45) is -0.0911. The lowest BCUT2D eigenvalue weighted by atomic mass is 10.0. The molecular weight excluding hydrogens is 280 g/mol. The van der Waals surface area contributed by atoms with Crippen LogP contribution in [-0.4, -0.2) is 29.7 Å². The molecule has 0 aromatic heterocycles. The quantitative estimate of drug-likeness (QED) is 0.686. The van der Waals surface area contributed by atoms with Gasteiger partial charge in [-0.15, -0.1) is 0 Å². The first-order valence-electron chi connectivity index (χ1n) is 7.77. The van der Waals surface area contributed by atoms with Crippen LogP contribution in [0.25, 0.3) is 0 Å². The molecular formula is C17H28N2O3. The minimum Gasteiger partial charge on any atom is -0.491 e. The molecule has 0 fully saturated rings. The Kier molecular flexibility index (Phi) is 7.35. The molecule has 0 saturated carbocycles. The molecule has 0 heterocycles. The highest BCUT2D eigenvalue weighted by Gasteiger charge is 2.16. The average molecular weight is 308 g/mol. The number of rotatable bonds is 8. The molecule has 1 unspecified atom stereocenters. The van der Waals surface area contributed by atoms with Crippen LogP contribution in [0.3, 0.4) is 0 Å². The van der Waals surface area contributed by atoms with Crippen LogP contribution in [0.4, 0.5) is 0 Å². The lowest BCUT2D eigenvalue weighted by Gasteiger charge is -2.17. The topological polar surface area (TPSA) is 84.6 Å². The van der Waals surface area contributed by atoms with Crippen LogP contribution >= 0.6 is 0 Å². The van der Waals surface area contributed by atoms with Crippen molar-refractivity contribution in [2.24, 2.45) is 11.7 Å². The van der Waals surface area contributed by atoms with Crippen LogP contribution in [0.2, 0.25) is 0 Å². The molecule has 1 amide bonds. The van der Waals surface area contributed by atoms with Gasteiger partial charge in [0.2, 0.25) is 5.91 Å². The third kappa shape index (κ3) is 6.45. The molecule has 0 bridgehead atoms. The second kappa shape index (κ2) is 8.76. The Morgan fingerprint density at radius 2 is 2.00 bits per heavy atom. The summed E-state index contributed by atoms with van der Waals surface area (Å²) in [5, 5.41) is 12.9. The van der Waals surface area contributed by atoms with Crippen LogP contribution in [0.15, 0.2) is 24.3 Å². The summed E-state index contributed by atoms with van der Waals surface area (Å²) in [5.74, 6) is 0.826. The number of hydrogen-bond acceptors (Lipinski definition) is 4. The van der Waals surface area contributed by atoms with Gasteiger partial charge in [0.15, 0.2) is 0 Å². The third-order valence-electron chi connectivity index (χ3n) is 3.15. The zero-order valence-electron chi connectivity index (χ0n) is 13.9. The van der Waals surface area contributed by atoms with Crippen LogP contribution < -0.4 is 15.8 Å². The maximum Gasteiger partial charge on any atom is 0.237 e. The summed E-state index contributed by atoms with van der Waals surface area (Å²) >= 11 is 0. The second-order valence-corrected chi connectivity index (χ2v) is 6.24. The number of nitrogens with one attached hydrogen (secondary N) is 1. The molecule has 0 aliphatic carbocycles. The molecule has 5 nitrogen and oxygen atoms in total. The molecule has 1 aromatic carbocycles. The Morgan fingerprint density at radius 1 is 1.32 bits per heavy atom. The van der Waals surface area contributed by atoms with Crippen molar-refractivity contribution in [1.29, 1.82) is 0 Å². The fourth-order valence-electron chi connectivity index (χ4n) is 2.13. The molecule has 22 heavy (non-hydrogen) atoms. The molecule has 0 saturated heterocycles. The van der Waals surface area contributed by atoms with E-state index < -0.39 is 12.1 Å². The summed E-state index contributed by atoms with van der Waals surface area (Å²) in [7, 11) is 0. The average Bonchev–Trinajstić information content (AvgIpc) is 2.43. The Hall–Kier alpha value is -1.59. The molecule has 2 atom stereocenters. The number of amides is 1. The summed E-state index contributed by atoms with van der Waals surface area (Å²) < 4.78 is 5.59. The molecule has 4 N–H and O–H groups in total. The maximum atomic E-state index is 11.9. The van der Waals surface area contributed by atoms with E-state index in [1.165, 1.54) is 0 Å². The summed E-state index contributed by atoms with van der Waals surface area (Å²) in [5.41, 5.74) is 6.51.